The van der Waals surface area contributed by atoms with Crippen LogP contribution in [-0.2, 0) is 0 Å². The van der Waals surface area contributed by atoms with Gasteiger partial charge in [-0.05, 0) is 62.3 Å². The van der Waals surface area contributed by atoms with E-state index in [-0.39, 0.29) is 5.91 Å². The lowest BCUT2D eigenvalue weighted by atomic mass is 9.87. The molecule has 1 amide bonds. The molecular weight excluding hydrogens is 260 g/mol. The number of carbonyl (C=O) groups is 1. The minimum absolute atomic E-state index is 0.0241. The second-order valence-corrected chi connectivity index (χ2v) is 5.97. The molecule has 0 aromatic heterocycles. The Bertz CT molecular complexity index is 560. The van der Waals surface area contributed by atoms with E-state index in [0.717, 1.165) is 29.9 Å². The van der Waals surface area contributed by atoms with Gasteiger partial charge in [0.05, 0.1) is 6.54 Å². The van der Waals surface area contributed by atoms with Crippen LogP contribution in [0.15, 0.2) is 18.2 Å². The summed E-state index contributed by atoms with van der Waals surface area (Å²) in [4.78, 5) is 12.3. The molecule has 0 saturated heterocycles. The molecule has 0 atom stereocenters. The quantitative estimate of drug-likeness (QED) is 0.820. The van der Waals surface area contributed by atoms with Crippen LogP contribution in [-0.4, -0.2) is 18.5 Å². The Morgan fingerprint density at radius 2 is 2.05 bits per heavy atom. The van der Waals surface area contributed by atoms with Gasteiger partial charge >= 0.3 is 0 Å². The third kappa shape index (κ3) is 4.34. The van der Waals surface area contributed by atoms with Crippen LogP contribution in [0.5, 0.6) is 0 Å². The maximum absolute atomic E-state index is 12.3. The average molecular weight is 284 g/mol. The lowest BCUT2D eigenvalue weighted by Crippen LogP contribution is -2.37. The maximum atomic E-state index is 12.3. The second-order valence-electron chi connectivity index (χ2n) is 5.97. The normalized spacial score (nSPS) is 21.3. The summed E-state index contributed by atoms with van der Waals surface area (Å²) in [5.41, 5.74) is 8.04. The zero-order valence-electron chi connectivity index (χ0n) is 12.9. The van der Waals surface area contributed by atoms with Gasteiger partial charge in [-0.1, -0.05) is 18.8 Å². The molecule has 0 radical (unpaired) electrons. The molecular formula is C18H24N2O. The lowest BCUT2D eigenvalue weighted by Gasteiger charge is -2.27. The minimum atomic E-state index is 0.0241. The maximum Gasteiger partial charge on any atom is 0.251 e. The van der Waals surface area contributed by atoms with Gasteiger partial charge in [-0.25, -0.2) is 0 Å². The van der Waals surface area contributed by atoms with Crippen molar-refractivity contribution in [2.45, 2.75) is 45.6 Å². The summed E-state index contributed by atoms with van der Waals surface area (Å²) in [6.45, 7) is 4.60. The van der Waals surface area contributed by atoms with E-state index in [0.29, 0.717) is 18.2 Å². The zero-order valence-corrected chi connectivity index (χ0v) is 12.9. The Labute approximate surface area is 127 Å². The summed E-state index contributed by atoms with van der Waals surface area (Å²) >= 11 is 0. The Kier molecular flexibility index (Phi) is 5.41. The van der Waals surface area contributed by atoms with Crippen molar-refractivity contribution < 1.29 is 4.79 Å². The van der Waals surface area contributed by atoms with Gasteiger partial charge in [0.2, 0.25) is 0 Å². The number of nitrogens with one attached hydrogen (secondary N) is 1. The molecule has 1 fully saturated rings. The van der Waals surface area contributed by atoms with Gasteiger partial charge in [-0.15, -0.1) is 0 Å². The first-order chi connectivity index (χ1) is 10.1. The molecule has 3 nitrogen and oxygen atoms in total. The van der Waals surface area contributed by atoms with Crippen LogP contribution in [0.4, 0.5) is 0 Å². The van der Waals surface area contributed by atoms with Gasteiger partial charge in [0.15, 0.2) is 0 Å². The summed E-state index contributed by atoms with van der Waals surface area (Å²) in [5.74, 6) is 6.68. The molecule has 112 valence electrons. The zero-order chi connectivity index (χ0) is 15.2. The topological polar surface area (TPSA) is 55.1 Å². The van der Waals surface area contributed by atoms with Crippen LogP contribution in [0.25, 0.3) is 0 Å². The van der Waals surface area contributed by atoms with Crippen molar-refractivity contribution in [2.24, 2.45) is 11.7 Å². The first kappa shape index (κ1) is 15.6. The van der Waals surface area contributed by atoms with Gasteiger partial charge in [0.25, 0.3) is 5.91 Å². The van der Waals surface area contributed by atoms with Gasteiger partial charge in [0.1, 0.15) is 0 Å². The molecule has 1 aliphatic rings. The number of hydrogen-bond donors (Lipinski definition) is 2. The predicted octanol–water partition coefficient (Wildman–Crippen LogP) is 2.61. The Morgan fingerprint density at radius 1 is 1.33 bits per heavy atom. The first-order valence-corrected chi connectivity index (χ1v) is 7.70. The number of nitrogens with two attached hydrogens (primary N) is 1. The molecule has 2 rings (SSSR count). The molecule has 21 heavy (non-hydrogen) atoms. The van der Waals surface area contributed by atoms with Crippen LogP contribution < -0.4 is 11.1 Å². The van der Waals surface area contributed by atoms with Crippen LogP contribution in [0.1, 0.15) is 54.1 Å². The van der Waals surface area contributed by atoms with E-state index in [1.54, 1.807) is 0 Å². The van der Waals surface area contributed by atoms with Crippen LogP contribution in [0, 0.1) is 24.7 Å². The highest BCUT2D eigenvalue weighted by molar-refractivity contribution is 5.94. The Morgan fingerprint density at radius 3 is 2.67 bits per heavy atom. The first-order valence-electron chi connectivity index (χ1n) is 7.70. The van der Waals surface area contributed by atoms with Crippen LogP contribution in [0.3, 0.4) is 0 Å². The highest BCUT2D eigenvalue weighted by atomic mass is 16.1. The van der Waals surface area contributed by atoms with E-state index in [1.165, 1.54) is 12.8 Å². The van der Waals surface area contributed by atoms with E-state index in [9.17, 15) is 4.79 Å². The molecule has 1 aromatic rings. The molecule has 3 heteroatoms. The van der Waals surface area contributed by atoms with Crippen molar-refractivity contribution >= 4 is 5.91 Å². The Balaban J connectivity index is 2.01. The molecule has 0 bridgehead atoms. The number of amides is 1. The van der Waals surface area contributed by atoms with E-state index >= 15 is 0 Å². The van der Waals surface area contributed by atoms with E-state index in [1.807, 2.05) is 25.1 Å². The molecule has 3 N–H and O–H groups in total. The van der Waals surface area contributed by atoms with Crippen molar-refractivity contribution in [3.8, 4) is 11.8 Å². The summed E-state index contributed by atoms with van der Waals surface area (Å²) < 4.78 is 0. The third-order valence-corrected chi connectivity index (χ3v) is 4.16. The number of rotatable bonds is 2. The largest absolute Gasteiger partial charge is 0.349 e. The van der Waals surface area contributed by atoms with E-state index in [2.05, 4.69) is 24.1 Å². The van der Waals surface area contributed by atoms with Crippen molar-refractivity contribution in [3.05, 3.63) is 34.9 Å². The van der Waals surface area contributed by atoms with Crippen molar-refractivity contribution in [2.75, 3.05) is 6.54 Å². The number of aryl methyl sites for hydroxylation is 1. The van der Waals surface area contributed by atoms with Crippen LogP contribution in [0.2, 0.25) is 0 Å². The number of carbonyl (C=O) groups excluding carboxylic acids is 1. The third-order valence-electron chi connectivity index (χ3n) is 4.16. The second kappa shape index (κ2) is 7.28. The molecule has 0 spiro atoms. The molecule has 0 unspecified atom stereocenters. The highest BCUT2D eigenvalue weighted by Gasteiger charge is 2.20. The monoisotopic (exact) mass is 284 g/mol. The van der Waals surface area contributed by atoms with Gasteiger partial charge in [0, 0.05) is 17.2 Å². The van der Waals surface area contributed by atoms with E-state index in [4.69, 9.17) is 5.73 Å². The van der Waals surface area contributed by atoms with Gasteiger partial charge in [-0.3, -0.25) is 4.79 Å². The molecule has 1 aromatic carbocycles. The van der Waals surface area contributed by atoms with Crippen molar-refractivity contribution in [1.82, 2.24) is 5.32 Å². The Hall–Kier alpha value is -1.79. The molecule has 1 aliphatic carbocycles. The average Bonchev–Trinajstić information content (AvgIpc) is 2.48. The fraction of sp³-hybridized carbons (Fsp3) is 0.500. The smallest absolute Gasteiger partial charge is 0.251 e. The highest BCUT2D eigenvalue weighted by Crippen LogP contribution is 2.23. The summed E-state index contributed by atoms with van der Waals surface area (Å²) in [7, 11) is 0. The summed E-state index contributed by atoms with van der Waals surface area (Å²) in [5, 5.41) is 3.15. The van der Waals surface area contributed by atoms with Crippen molar-refractivity contribution in [1.29, 1.82) is 0 Å². The SMILES string of the molecule is Cc1cc(C(=O)NC2CCC(C)CC2)ccc1C#CCN. The number of hydrogen-bond acceptors (Lipinski definition) is 2. The van der Waals surface area contributed by atoms with Crippen molar-refractivity contribution in [3.63, 3.8) is 0 Å². The van der Waals surface area contributed by atoms with Crippen LogP contribution >= 0.6 is 0 Å². The molecule has 0 heterocycles. The standard InChI is InChI=1S/C18H24N2O/c1-13-5-9-17(10-6-13)20-18(21)16-8-7-15(4-3-11-19)14(2)12-16/h7-8,12-13,17H,5-6,9-11,19H2,1-2H3,(H,20,21). The number of benzene rings is 1. The van der Waals surface area contributed by atoms with E-state index < -0.39 is 0 Å². The summed E-state index contributed by atoms with van der Waals surface area (Å²) in [6.07, 6.45) is 4.59. The lowest BCUT2D eigenvalue weighted by molar-refractivity contribution is 0.0923. The van der Waals surface area contributed by atoms with Gasteiger partial charge < -0.3 is 11.1 Å². The molecule has 1 saturated carbocycles. The molecule has 0 aliphatic heterocycles. The minimum Gasteiger partial charge on any atom is -0.349 e. The predicted molar refractivity (Wildman–Crippen MR) is 86.0 cm³/mol. The fourth-order valence-corrected chi connectivity index (χ4v) is 2.76. The van der Waals surface area contributed by atoms with Gasteiger partial charge in [-0.2, -0.15) is 0 Å². The fourth-order valence-electron chi connectivity index (χ4n) is 2.76. The summed E-state index contributed by atoms with van der Waals surface area (Å²) in [6, 6.07) is 5.97.